The predicted molar refractivity (Wildman–Crippen MR) is 127 cm³/mol. The molecule has 1 N–H and O–H groups in total. The van der Waals surface area contributed by atoms with E-state index in [1.54, 1.807) is 12.1 Å². The zero-order valence-electron chi connectivity index (χ0n) is 19.0. The summed E-state index contributed by atoms with van der Waals surface area (Å²) >= 11 is 0. The molecule has 1 aliphatic carbocycles. The van der Waals surface area contributed by atoms with E-state index in [1.165, 1.54) is 25.3 Å². The molecule has 1 saturated carbocycles. The van der Waals surface area contributed by atoms with Crippen molar-refractivity contribution >= 4 is 16.9 Å². The van der Waals surface area contributed by atoms with E-state index in [9.17, 15) is 9.18 Å². The molecule has 1 aliphatic heterocycles. The summed E-state index contributed by atoms with van der Waals surface area (Å²) in [4.78, 5) is 14.9. The van der Waals surface area contributed by atoms with Crippen molar-refractivity contribution in [1.29, 1.82) is 0 Å². The van der Waals surface area contributed by atoms with Crippen LogP contribution in [0.3, 0.4) is 0 Å². The van der Waals surface area contributed by atoms with Gasteiger partial charge in [0.1, 0.15) is 5.82 Å². The Labute approximate surface area is 194 Å². The Kier molecular flexibility index (Phi) is 6.72. The third kappa shape index (κ3) is 5.27. The number of hydrogen-bond acceptors (Lipinski definition) is 4. The average Bonchev–Trinajstić information content (AvgIpc) is 3.27. The first-order chi connectivity index (χ1) is 16.2. The molecule has 2 aromatic carbocycles. The lowest BCUT2D eigenvalue weighted by molar-refractivity contribution is 0.0919. The summed E-state index contributed by atoms with van der Waals surface area (Å²) < 4.78 is 19.1. The molecule has 0 atom stereocenters. The van der Waals surface area contributed by atoms with Gasteiger partial charge in [-0.25, -0.2) is 4.39 Å². The topological polar surface area (TPSA) is 58.4 Å². The maximum Gasteiger partial charge on any atom is 0.251 e. The molecule has 0 bridgehead atoms. The first-order valence-corrected chi connectivity index (χ1v) is 12.3. The largest absolute Gasteiger partial charge is 0.356 e. The molecular formula is C27H32FN3O2. The second kappa shape index (κ2) is 10.0. The Bertz CT molecular complexity index is 1070. The lowest BCUT2D eigenvalue weighted by Crippen LogP contribution is -2.38. The van der Waals surface area contributed by atoms with Gasteiger partial charge in [-0.15, -0.1) is 0 Å². The Morgan fingerprint density at radius 2 is 1.79 bits per heavy atom. The van der Waals surface area contributed by atoms with E-state index < -0.39 is 0 Å². The first-order valence-electron chi connectivity index (χ1n) is 12.3. The highest BCUT2D eigenvalue weighted by Gasteiger charge is 2.27. The maximum absolute atomic E-state index is 13.7. The van der Waals surface area contributed by atoms with Crippen molar-refractivity contribution in [2.75, 3.05) is 19.6 Å². The Balaban J connectivity index is 1.04. The number of piperidine rings is 1. The smallest absolute Gasteiger partial charge is 0.251 e. The van der Waals surface area contributed by atoms with E-state index in [-0.39, 0.29) is 11.7 Å². The molecular weight excluding hydrogens is 417 g/mol. The summed E-state index contributed by atoms with van der Waals surface area (Å²) in [6.07, 6.45) is 7.82. The number of nitrogens with one attached hydrogen (secondary N) is 1. The van der Waals surface area contributed by atoms with E-state index >= 15 is 0 Å². The molecule has 174 valence electrons. The van der Waals surface area contributed by atoms with Gasteiger partial charge in [-0.2, -0.15) is 0 Å². The van der Waals surface area contributed by atoms with Crippen LogP contribution < -0.4 is 5.32 Å². The highest BCUT2D eigenvalue weighted by Crippen LogP contribution is 2.33. The summed E-state index contributed by atoms with van der Waals surface area (Å²) in [7, 11) is 0. The molecule has 0 spiro atoms. The van der Waals surface area contributed by atoms with Crippen molar-refractivity contribution < 1.29 is 13.7 Å². The van der Waals surface area contributed by atoms with Crippen molar-refractivity contribution in [1.82, 2.24) is 15.4 Å². The SMILES string of the molecule is O=C(N[C@H]1CC[C@H](CCN2CCC(c3noc4ccc(F)cc34)CC2)CC1)c1ccccc1. The van der Waals surface area contributed by atoms with Gasteiger partial charge in [0.25, 0.3) is 5.91 Å². The van der Waals surface area contributed by atoms with Gasteiger partial charge in [0.2, 0.25) is 0 Å². The molecule has 0 unspecified atom stereocenters. The standard InChI is InChI=1S/C27H32FN3O2/c28-22-8-11-25-24(18-22)26(30-33-25)20-13-16-31(17-14-20)15-12-19-6-9-23(10-7-19)29-27(32)21-4-2-1-3-5-21/h1-5,8,11,18-20,23H,6-7,9-10,12-17H2,(H,29,32)/t19-,23-. The Morgan fingerprint density at radius 3 is 2.55 bits per heavy atom. The molecule has 1 saturated heterocycles. The van der Waals surface area contributed by atoms with Crippen molar-refractivity contribution in [3.05, 3.63) is 65.6 Å². The molecule has 5 nitrogen and oxygen atoms in total. The second-order valence-corrected chi connectivity index (χ2v) is 9.67. The van der Waals surface area contributed by atoms with Gasteiger partial charge in [0.05, 0.1) is 5.69 Å². The van der Waals surface area contributed by atoms with Crippen LogP contribution in [0, 0.1) is 11.7 Å². The third-order valence-electron chi connectivity index (χ3n) is 7.51. The van der Waals surface area contributed by atoms with Gasteiger partial charge < -0.3 is 14.7 Å². The molecule has 2 aliphatic rings. The lowest BCUT2D eigenvalue weighted by atomic mass is 9.83. The Hall–Kier alpha value is -2.73. The van der Waals surface area contributed by atoms with Crippen LogP contribution in [-0.4, -0.2) is 41.6 Å². The fourth-order valence-electron chi connectivity index (χ4n) is 5.47. The number of amides is 1. The van der Waals surface area contributed by atoms with Gasteiger partial charge in [0, 0.05) is 22.9 Å². The monoisotopic (exact) mass is 449 g/mol. The molecule has 3 aromatic rings. The number of hydrogen-bond donors (Lipinski definition) is 1. The van der Waals surface area contributed by atoms with E-state index in [0.717, 1.165) is 67.9 Å². The van der Waals surface area contributed by atoms with Crippen LogP contribution in [0.4, 0.5) is 4.39 Å². The summed E-state index contributed by atoms with van der Waals surface area (Å²) in [6, 6.07) is 14.4. The summed E-state index contributed by atoms with van der Waals surface area (Å²) in [5.74, 6) is 0.895. The van der Waals surface area contributed by atoms with Crippen molar-refractivity contribution in [3.8, 4) is 0 Å². The van der Waals surface area contributed by atoms with E-state index in [0.29, 0.717) is 17.5 Å². The van der Waals surface area contributed by atoms with E-state index in [4.69, 9.17) is 4.52 Å². The predicted octanol–water partition coefficient (Wildman–Crippen LogP) is 5.53. The second-order valence-electron chi connectivity index (χ2n) is 9.67. The highest BCUT2D eigenvalue weighted by atomic mass is 19.1. The molecule has 2 heterocycles. The zero-order valence-corrected chi connectivity index (χ0v) is 19.0. The van der Waals surface area contributed by atoms with Crippen LogP contribution in [-0.2, 0) is 0 Å². The number of nitrogens with zero attached hydrogens (tertiary/aromatic N) is 2. The zero-order chi connectivity index (χ0) is 22.6. The summed E-state index contributed by atoms with van der Waals surface area (Å²) in [5, 5.41) is 8.29. The van der Waals surface area contributed by atoms with Gasteiger partial charge in [0.15, 0.2) is 5.58 Å². The van der Waals surface area contributed by atoms with Crippen LogP contribution in [0.2, 0.25) is 0 Å². The number of rotatable bonds is 6. The van der Waals surface area contributed by atoms with Gasteiger partial charge in [-0.3, -0.25) is 4.79 Å². The van der Waals surface area contributed by atoms with Crippen molar-refractivity contribution in [2.24, 2.45) is 5.92 Å². The first kappa shape index (κ1) is 22.1. The fraction of sp³-hybridized carbons (Fsp3) is 0.481. The molecule has 6 heteroatoms. The third-order valence-corrected chi connectivity index (χ3v) is 7.51. The molecule has 0 radical (unpaired) electrons. The number of fused-ring (bicyclic) bond motifs is 1. The fourth-order valence-corrected chi connectivity index (χ4v) is 5.47. The number of carbonyl (C=O) groups is 1. The van der Waals surface area contributed by atoms with Crippen LogP contribution in [0.5, 0.6) is 0 Å². The highest BCUT2D eigenvalue weighted by molar-refractivity contribution is 5.94. The van der Waals surface area contributed by atoms with E-state index in [1.807, 2.05) is 30.3 Å². The van der Waals surface area contributed by atoms with E-state index in [2.05, 4.69) is 15.4 Å². The van der Waals surface area contributed by atoms with Gasteiger partial charge in [-0.05, 0) is 101 Å². The van der Waals surface area contributed by atoms with Crippen molar-refractivity contribution in [2.45, 2.75) is 56.9 Å². The molecule has 1 amide bonds. The van der Waals surface area contributed by atoms with Gasteiger partial charge >= 0.3 is 0 Å². The van der Waals surface area contributed by atoms with Gasteiger partial charge in [-0.1, -0.05) is 23.4 Å². The average molecular weight is 450 g/mol. The molecule has 1 aromatic heterocycles. The number of aromatic nitrogens is 1. The quantitative estimate of drug-likeness (QED) is 0.538. The normalized spacial score (nSPS) is 22.5. The summed E-state index contributed by atoms with van der Waals surface area (Å²) in [5.41, 5.74) is 2.33. The minimum absolute atomic E-state index is 0.0459. The minimum atomic E-state index is -0.237. The Morgan fingerprint density at radius 1 is 1.03 bits per heavy atom. The maximum atomic E-state index is 13.7. The van der Waals surface area contributed by atoms with Crippen LogP contribution in [0.25, 0.3) is 11.0 Å². The van der Waals surface area contributed by atoms with Crippen LogP contribution in [0.15, 0.2) is 53.1 Å². The molecule has 5 rings (SSSR count). The molecule has 33 heavy (non-hydrogen) atoms. The number of likely N-dealkylation sites (tertiary alicyclic amines) is 1. The van der Waals surface area contributed by atoms with Crippen molar-refractivity contribution in [3.63, 3.8) is 0 Å². The van der Waals surface area contributed by atoms with Crippen LogP contribution in [0.1, 0.15) is 66.9 Å². The molecule has 2 fully saturated rings. The number of benzene rings is 2. The van der Waals surface area contributed by atoms with Crippen LogP contribution >= 0.6 is 0 Å². The summed E-state index contributed by atoms with van der Waals surface area (Å²) in [6.45, 7) is 3.24. The lowest BCUT2D eigenvalue weighted by Gasteiger charge is -2.34. The minimum Gasteiger partial charge on any atom is -0.356 e. The number of carbonyl (C=O) groups excluding carboxylic acids is 1. The number of halogens is 1.